The molecule has 0 saturated heterocycles. The van der Waals surface area contributed by atoms with E-state index < -0.39 is 0 Å². The molecule has 1 heterocycles. The van der Waals surface area contributed by atoms with Crippen LogP contribution in [0.25, 0.3) is 0 Å². The van der Waals surface area contributed by atoms with E-state index in [2.05, 4.69) is 11.9 Å². The van der Waals surface area contributed by atoms with Crippen LogP contribution in [0.5, 0.6) is 0 Å². The van der Waals surface area contributed by atoms with E-state index in [0.29, 0.717) is 17.4 Å². The summed E-state index contributed by atoms with van der Waals surface area (Å²) in [5.74, 6) is 0.900. The maximum absolute atomic E-state index is 12.2. The van der Waals surface area contributed by atoms with Crippen molar-refractivity contribution in [2.45, 2.75) is 45.1 Å². The molecule has 3 N–H and O–H groups in total. The zero-order valence-corrected chi connectivity index (χ0v) is 11.3. The lowest BCUT2D eigenvalue weighted by Gasteiger charge is -2.34. The average molecular weight is 249 g/mol. The second-order valence-electron chi connectivity index (χ2n) is 5.35. The number of hydrogen-bond acceptors (Lipinski definition) is 2. The topological polar surface area (TPSA) is 62.1 Å². The first-order chi connectivity index (χ1) is 8.61. The minimum atomic E-state index is 0.0478. The Bertz CT molecular complexity index is 405. The van der Waals surface area contributed by atoms with Crippen LogP contribution in [-0.2, 0) is 0 Å². The van der Waals surface area contributed by atoms with Gasteiger partial charge in [-0.15, -0.1) is 0 Å². The average Bonchev–Trinajstić information content (AvgIpc) is 2.84. The summed E-state index contributed by atoms with van der Waals surface area (Å²) in [5, 5.41) is 0. The molecule has 0 aromatic carbocycles. The number of nitrogens with one attached hydrogen (secondary N) is 1. The van der Waals surface area contributed by atoms with Crippen LogP contribution in [0.2, 0.25) is 0 Å². The Morgan fingerprint density at radius 3 is 2.61 bits per heavy atom. The number of carbonyl (C=O) groups is 1. The number of aromatic amines is 1. The first-order valence-corrected chi connectivity index (χ1v) is 6.82. The van der Waals surface area contributed by atoms with Crippen molar-refractivity contribution in [1.29, 1.82) is 0 Å². The SMILES string of the molecule is CCC1CCC(N(C)C(=O)c2cc(N)c[nH]2)CC1. The van der Waals surface area contributed by atoms with Crippen LogP contribution in [0.1, 0.15) is 49.5 Å². The molecule has 0 aliphatic heterocycles. The molecule has 1 saturated carbocycles. The van der Waals surface area contributed by atoms with Crippen molar-refractivity contribution in [3.05, 3.63) is 18.0 Å². The van der Waals surface area contributed by atoms with Crippen LogP contribution in [0.15, 0.2) is 12.3 Å². The summed E-state index contributed by atoms with van der Waals surface area (Å²) in [6.45, 7) is 2.25. The maximum Gasteiger partial charge on any atom is 0.270 e. The molecule has 0 bridgehead atoms. The van der Waals surface area contributed by atoms with Crippen molar-refractivity contribution in [3.63, 3.8) is 0 Å². The van der Waals surface area contributed by atoms with Crippen molar-refractivity contribution in [2.24, 2.45) is 5.92 Å². The Hall–Kier alpha value is -1.45. The molecule has 1 fully saturated rings. The second kappa shape index (κ2) is 5.46. The smallest absolute Gasteiger partial charge is 0.270 e. The highest BCUT2D eigenvalue weighted by Gasteiger charge is 2.26. The number of H-pyrrole nitrogens is 1. The monoisotopic (exact) mass is 249 g/mol. The number of carbonyl (C=O) groups excluding carboxylic acids is 1. The lowest BCUT2D eigenvalue weighted by molar-refractivity contribution is 0.0669. The van der Waals surface area contributed by atoms with Gasteiger partial charge in [-0.2, -0.15) is 0 Å². The highest BCUT2D eigenvalue weighted by atomic mass is 16.2. The molecule has 4 nitrogen and oxygen atoms in total. The predicted molar refractivity (Wildman–Crippen MR) is 73.3 cm³/mol. The Labute approximate surface area is 109 Å². The largest absolute Gasteiger partial charge is 0.397 e. The highest BCUT2D eigenvalue weighted by Crippen LogP contribution is 2.29. The van der Waals surface area contributed by atoms with Gasteiger partial charge in [-0.3, -0.25) is 4.79 Å². The van der Waals surface area contributed by atoms with E-state index in [1.165, 1.54) is 19.3 Å². The molecule has 0 spiro atoms. The molecule has 0 unspecified atom stereocenters. The van der Waals surface area contributed by atoms with Crippen molar-refractivity contribution in [3.8, 4) is 0 Å². The number of hydrogen-bond donors (Lipinski definition) is 2. The fourth-order valence-corrected chi connectivity index (χ4v) is 2.83. The number of nitrogens with zero attached hydrogens (tertiary/aromatic N) is 1. The van der Waals surface area contributed by atoms with Gasteiger partial charge in [0, 0.05) is 25.0 Å². The van der Waals surface area contributed by atoms with Gasteiger partial charge >= 0.3 is 0 Å². The van der Waals surface area contributed by atoms with Crippen LogP contribution >= 0.6 is 0 Å². The van der Waals surface area contributed by atoms with E-state index >= 15 is 0 Å². The molecule has 0 atom stereocenters. The number of anilines is 1. The lowest BCUT2D eigenvalue weighted by atomic mass is 9.84. The standard InChI is InChI=1S/C14H23N3O/c1-3-10-4-6-12(7-5-10)17(2)14(18)13-8-11(15)9-16-13/h8-10,12,16H,3-7,15H2,1-2H3. The van der Waals surface area contributed by atoms with Gasteiger partial charge in [0.15, 0.2) is 0 Å². The van der Waals surface area contributed by atoms with E-state index in [1.54, 1.807) is 12.3 Å². The summed E-state index contributed by atoms with van der Waals surface area (Å²) in [5.41, 5.74) is 6.83. The molecule has 18 heavy (non-hydrogen) atoms. The first-order valence-electron chi connectivity index (χ1n) is 6.82. The van der Waals surface area contributed by atoms with Crippen molar-refractivity contribution in [1.82, 2.24) is 9.88 Å². The Balaban J connectivity index is 1.95. The van der Waals surface area contributed by atoms with E-state index in [-0.39, 0.29) is 5.91 Å². The van der Waals surface area contributed by atoms with E-state index in [0.717, 1.165) is 18.8 Å². The zero-order valence-electron chi connectivity index (χ0n) is 11.3. The Kier molecular flexibility index (Phi) is 3.94. The summed E-state index contributed by atoms with van der Waals surface area (Å²) in [6, 6.07) is 2.08. The van der Waals surface area contributed by atoms with E-state index in [9.17, 15) is 4.79 Å². The fourth-order valence-electron chi connectivity index (χ4n) is 2.83. The van der Waals surface area contributed by atoms with Crippen LogP contribution in [0.4, 0.5) is 5.69 Å². The summed E-state index contributed by atoms with van der Waals surface area (Å²) in [4.78, 5) is 17.0. The van der Waals surface area contributed by atoms with E-state index in [4.69, 9.17) is 5.73 Å². The van der Waals surface area contributed by atoms with Gasteiger partial charge in [0.2, 0.25) is 0 Å². The number of nitrogens with two attached hydrogens (primary N) is 1. The molecule has 1 aromatic rings. The lowest BCUT2D eigenvalue weighted by Crippen LogP contribution is -2.39. The molecule has 4 heteroatoms. The summed E-state index contributed by atoms with van der Waals surface area (Å²) >= 11 is 0. The Morgan fingerprint density at radius 2 is 2.11 bits per heavy atom. The summed E-state index contributed by atoms with van der Waals surface area (Å²) < 4.78 is 0. The highest BCUT2D eigenvalue weighted by molar-refractivity contribution is 5.93. The molecule has 0 radical (unpaired) electrons. The number of rotatable bonds is 3. The summed E-state index contributed by atoms with van der Waals surface area (Å²) in [7, 11) is 1.90. The van der Waals surface area contributed by atoms with Crippen LogP contribution in [0.3, 0.4) is 0 Å². The van der Waals surface area contributed by atoms with Crippen molar-refractivity contribution >= 4 is 11.6 Å². The molecular formula is C14H23N3O. The fraction of sp³-hybridized carbons (Fsp3) is 0.643. The van der Waals surface area contributed by atoms with Crippen LogP contribution < -0.4 is 5.73 Å². The van der Waals surface area contributed by atoms with Crippen LogP contribution in [0, 0.1) is 5.92 Å². The zero-order chi connectivity index (χ0) is 13.1. The van der Waals surface area contributed by atoms with Gasteiger partial charge in [0.05, 0.1) is 0 Å². The molecular weight excluding hydrogens is 226 g/mol. The molecule has 1 aliphatic carbocycles. The van der Waals surface area contributed by atoms with Crippen molar-refractivity contribution in [2.75, 3.05) is 12.8 Å². The number of amides is 1. The van der Waals surface area contributed by atoms with Gasteiger partial charge in [-0.05, 0) is 37.7 Å². The van der Waals surface area contributed by atoms with Crippen LogP contribution in [-0.4, -0.2) is 28.9 Å². The molecule has 2 rings (SSSR count). The van der Waals surface area contributed by atoms with Gasteiger partial charge in [-0.1, -0.05) is 13.3 Å². The predicted octanol–water partition coefficient (Wildman–Crippen LogP) is 2.64. The maximum atomic E-state index is 12.2. The third-order valence-corrected chi connectivity index (χ3v) is 4.20. The summed E-state index contributed by atoms with van der Waals surface area (Å²) in [6.07, 6.45) is 7.65. The molecule has 1 amide bonds. The van der Waals surface area contributed by atoms with Gasteiger partial charge in [0.1, 0.15) is 5.69 Å². The number of nitrogen functional groups attached to an aromatic ring is 1. The first kappa shape index (κ1) is 13.0. The number of aromatic nitrogens is 1. The molecule has 100 valence electrons. The third kappa shape index (κ3) is 2.68. The normalized spacial score (nSPS) is 23.9. The van der Waals surface area contributed by atoms with Crippen molar-refractivity contribution < 1.29 is 4.79 Å². The minimum Gasteiger partial charge on any atom is -0.397 e. The van der Waals surface area contributed by atoms with Gasteiger partial charge in [0.25, 0.3) is 5.91 Å². The minimum absolute atomic E-state index is 0.0478. The van der Waals surface area contributed by atoms with Gasteiger partial charge < -0.3 is 15.6 Å². The van der Waals surface area contributed by atoms with E-state index in [1.807, 2.05) is 11.9 Å². The van der Waals surface area contributed by atoms with Gasteiger partial charge in [-0.25, -0.2) is 0 Å². The molecule has 1 aromatic heterocycles. The second-order valence-corrected chi connectivity index (χ2v) is 5.35. The Morgan fingerprint density at radius 1 is 1.44 bits per heavy atom. The molecule has 1 aliphatic rings. The third-order valence-electron chi connectivity index (χ3n) is 4.20. The quantitative estimate of drug-likeness (QED) is 0.865.